The number of unbranched alkanes of at least 4 members (excludes halogenated alkanes) is 1. The van der Waals surface area contributed by atoms with Gasteiger partial charge in [-0.1, -0.05) is 47.5 Å². The number of hydrogen-bond acceptors (Lipinski definition) is 2. The molecule has 4 nitrogen and oxygen atoms in total. The molecule has 1 rings (SSSR count). The van der Waals surface area contributed by atoms with Gasteiger partial charge in [0.05, 0.1) is 0 Å². The highest BCUT2D eigenvalue weighted by Gasteiger charge is 2.68. The van der Waals surface area contributed by atoms with Gasteiger partial charge in [0.2, 0.25) is 5.91 Å². The summed E-state index contributed by atoms with van der Waals surface area (Å²) in [7, 11) is 0. The Morgan fingerprint density at radius 3 is 2.06 bits per heavy atom. The summed E-state index contributed by atoms with van der Waals surface area (Å²) in [6.07, 6.45) is 2.25. The maximum atomic E-state index is 12.1. The van der Waals surface area contributed by atoms with Crippen molar-refractivity contribution in [3.63, 3.8) is 0 Å². The Hall–Kier alpha value is -1.06. The third-order valence-electron chi connectivity index (χ3n) is 4.74. The molecule has 0 saturated heterocycles. The van der Waals surface area contributed by atoms with Crippen LogP contribution in [0.3, 0.4) is 0 Å². The molecule has 2 N–H and O–H groups in total. The molecule has 0 spiro atoms. The third kappa shape index (κ3) is 2.52. The number of carboxylic acid groups (broad SMARTS) is 1. The number of hydrogen-bond donors (Lipinski definition) is 2. The number of aliphatic carboxylic acids is 1. The summed E-state index contributed by atoms with van der Waals surface area (Å²) in [6, 6.07) is -0.746. The second kappa shape index (κ2) is 4.90. The Balaban J connectivity index is 2.61. The summed E-state index contributed by atoms with van der Waals surface area (Å²) < 4.78 is 0. The minimum Gasteiger partial charge on any atom is -0.480 e. The van der Waals surface area contributed by atoms with Crippen LogP contribution < -0.4 is 5.32 Å². The Kier molecular flexibility index (Phi) is 4.08. The monoisotopic (exact) mass is 255 g/mol. The largest absolute Gasteiger partial charge is 0.480 e. The standard InChI is InChI=1S/C14H25NO3/c1-6-7-8-9(12(17)18)15-11(16)10-13(2,3)14(10,4)5/h9-10H,6-8H2,1-5H3,(H,15,16)(H,17,18). The van der Waals surface area contributed by atoms with Gasteiger partial charge < -0.3 is 10.4 Å². The fraction of sp³-hybridized carbons (Fsp3) is 0.857. The molecule has 0 aromatic carbocycles. The Morgan fingerprint density at radius 2 is 1.72 bits per heavy atom. The minimum absolute atomic E-state index is 0.0507. The first-order chi connectivity index (χ1) is 8.16. The van der Waals surface area contributed by atoms with E-state index in [1.54, 1.807) is 0 Å². The molecule has 1 aliphatic carbocycles. The Morgan fingerprint density at radius 1 is 1.22 bits per heavy atom. The predicted molar refractivity (Wildman–Crippen MR) is 70.1 cm³/mol. The van der Waals surface area contributed by atoms with E-state index in [0.717, 1.165) is 12.8 Å². The number of amides is 1. The smallest absolute Gasteiger partial charge is 0.326 e. The normalized spacial score (nSPS) is 22.3. The Labute approximate surface area is 109 Å². The van der Waals surface area contributed by atoms with Crippen LogP contribution in [0.5, 0.6) is 0 Å². The summed E-state index contributed by atoms with van der Waals surface area (Å²) in [6.45, 7) is 10.2. The van der Waals surface area contributed by atoms with E-state index in [-0.39, 0.29) is 22.7 Å². The molecule has 0 aliphatic heterocycles. The van der Waals surface area contributed by atoms with E-state index in [2.05, 4.69) is 33.0 Å². The molecule has 4 heteroatoms. The molecular weight excluding hydrogens is 230 g/mol. The van der Waals surface area contributed by atoms with Crippen molar-refractivity contribution >= 4 is 11.9 Å². The first kappa shape index (κ1) is 15.0. The van der Waals surface area contributed by atoms with Gasteiger partial charge in [0.25, 0.3) is 0 Å². The third-order valence-corrected chi connectivity index (χ3v) is 4.74. The molecule has 1 unspecified atom stereocenters. The number of carbonyl (C=O) groups is 2. The average Bonchev–Trinajstić information content (AvgIpc) is 2.63. The lowest BCUT2D eigenvalue weighted by molar-refractivity contribution is -0.142. The van der Waals surface area contributed by atoms with Crippen LogP contribution in [0.4, 0.5) is 0 Å². The van der Waals surface area contributed by atoms with Gasteiger partial charge in [-0.2, -0.15) is 0 Å². The van der Waals surface area contributed by atoms with Crippen molar-refractivity contribution in [2.45, 2.75) is 59.9 Å². The zero-order valence-electron chi connectivity index (χ0n) is 12.0. The lowest BCUT2D eigenvalue weighted by Crippen LogP contribution is -2.42. The van der Waals surface area contributed by atoms with Crippen LogP contribution >= 0.6 is 0 Å². The molecule has 0 bridgehead atoms. The van der Waals surface area contributed by atoms with Gasteiger partial charge in [-0.3, -0.25) is 4.79 Å². The van der Waals surface area contributed by atoms with Crippen LogP contribution in [0.25, 0.3) is 0 Å². The van der Waals surface area contributed by atoms with Gasteiger partial charge in [-0.05, 0) is 17.3 Å². The average molecular weight is 255 g/mol. The summed E-state index contributed by atoms with van der Waals surface area (Å²) in [4.78, 5) is 23.2. The lowest BCUT2D eigenvalue weighted by Gasteiger charge is -2.14. The summed E-state index contributed by atoms with van der Waals surface area (Å²) in [5.74, 6) is -1.14. The highest BCUT2D eigenvalue weighted by molar-refractivity contribution is 5.88. The molecule has 0 aromatic heterocycles. The number of nitrogens with one attached hydrogen (secondary N) is 1. The molecule has 1 aliphatic rings. The molecule has 1 amide bonds. The highest BCUT2D eigenvalue weighted by atomic mass is 16.4. The molecular formula is C14H25NO3. The highest BCUT2D eigenvalue weighted by Crippen LogP contribution is 2.68. The van der Waals surface area contributed by atoms with Crippen molar-refractivity contribution in [1.29, 1.82) is 0 Å². The summed E-state index contributed by atoms with van der Waals surface area (Å²) in [5.41, 5.74) is -0.101. The number of carboxylic acids is 1. The molecule has 1 fully saturated rings. The predicted octanol–water partition coefficient (Wildman–Crippen LogP) is 2.43. The van der Waals surface area contributed by atoms with Crippen molar-refractivity contribution < 1.29 is 14.7 Å². The first-order valence-corrected chi connectivity index (χ1v) is 6.69. The van der Waals surface area contributed by atoms with E-state index < -0.39 is 12.0 Å². The summed E-state index contributed by atoms with van der Waals surface area (Å²) >= 11 is 0. The molecule has 1 saturated carbocycles. The van der Waals surface area contributed by atoms with E-state index in [4.69, 9.17) is 5.11 Å². The van der Waals surface area contributed by atoms with Gasteiger partial charge in [-0.15, -0.1) is 0 Å². The summed E-state index contributed by atoms with van der Waals surface area (Å²) in [5, 5.41) is 11.8. The first-order valence-electron chi connectivity index (χ1n) is 6.69. The van der Waals surface area contributed by atoms with Gasteiger partial charge in [0, 0.05) is 5.92 Å². The van der Waals surface area contributed by atoms with Crippen LogP contribution in [0, 0.1) is 16.7 Å². The minimum atomic E-state index is -0.937. The van der Waals surface area contributed by atoms with Gasteiger partial charge in [-0.25, -0.2) is 4.79 Å². The fourth-order valence-electron chi connectivity index (χ4n) is 2.77. The quantitative estimate of drug-likeness (QED) is 0.766. The molecule has 0 heterocycles. The van der Waals surface area contributed by atoms with Crippen LogP contribution in [-0.2, 0) is 9.59 Å². The lowest BCUT2D eigenvalue weighted by atomic mass is 10.0. The second-order valence-electron chi connectivity index (χ2n) is 6.42. The zero-order chi connectivity index (χ0) is 14.1. The van der Waals surface area contributed by atoms with E-state index in [1.807, 2.05) is 6.92 Å². The topological polar surface area (TPSA) is 66.4 Å². The van der Waals surface area contributed by atoms with Crippen molar-refractivity contribution in [1.82, 2.24) is 5.32 Å². The van der Waals surface area contributed by atoms with E-state index in [9.17, 15) is 9.59 Å². The fourth-order valence-corrected chi connectivity index (χ4v) is 2.77. The molecule has 0 radical (unpaired) electrons. The van der Waals surface area contributed by atoms with E-state index in [1.165, 1.54) is 0 Å². The SMILES string of the molecule is CCCCC(NC(=O)C1C(C)(C)C1(C)C)C(=O)O. The maximum Gasteiger partial charge on any atom is 0.326 e. The molecule has 1 atom stereocenters. The zero-order valence-corrected chi connectivity index (χ0v) is 12.0. The van der Waals surface area contributed by atoms with Crippen LogP contribution in [0.1, 0.15) is 53.9 Å². The molecule has 0 aromatic rings. The number of carbonyl (C=O) groups excluding carboxylic acids is 1. The second-order valence-corrected chi connectivity index (χ2v) is 6.42. The van der Waals surface area contributed by atoms with Crippen LogP contribution in [-0.4, -0.2) is 23.0 Å². The van der Waals surface area contributed by atoms with Crippen molar-refractivity contribution in [2.75, 3.05) is 0 Å². The van der Waals surface area contributed by atoms with Gasteiger partial charge in [0.15, 0.2) is 0 Å². The molecule has 104 valence electrons. The van der Waals surface area contributed by atoms with Gasteiger partial charge >= 0.3 is 5.97 Å². The number of rotatable bonds is 6. The van der Waals surface area contributed by atoms with Crippen molar-refractivity contribution in [2.24, 2.45) is 16.7 Å². The van der Waals surface area contributed by atoms with Crippen LogP contribution in [0.2, 0.25) is 0 Å². The Bertz CT molecular complexity index is 333. The van der Waals surface area contributed by atoms with Crippen molar-refractivity contribution in [3.8, 4) is 0 Å². The van der Waals surface area contributed by atoms with E-state index in [0.29, 0.717) is 6.42 Å². The van der Waals surface area contributed by atoms with Crippen LogP contribution in [0.15, 0.2) is 0 Å². The van der Waals surface area contributed by atoms with Crippen molar-refractivity contribution in [3.05, 3.63) is 0 Å². The molecule has 18 heavy (non-hydrogen) atoms. The van der Waals surface area contributed by atoms with E-state index >= 15 is 0 Å². The van der Waals surface area contributed by atoms with Gasteiger partial charge in [0.1, 0.15) is 6.04 Å². The maximum absolute atomic E-state index is 12.1.